The van der Waals surface area contributed by atoms with E-state index in [1.807, 2.05) is 7.05 Å². The van der Waals surface area contributed by atoms with Crippen molar-refractivity contribution in [2.24, 2.45) is 10.9 Å². The van der Waals surface area contributed by atoms with E-state index in [4.69, 9.17) is 0 Å². The summed E-state index contributed by atoms with van der Waals surface area (Å²) in [6.07, 6.45) is 4.30. The van der Waals surface area contributed by atoms with Crippen LogP contribution in [0.1, 0.15) is 32.0 Å². The molecular weight excluding hydrogens is 412 g/mol. The third-order valence-electron chi connectivity index (χ3n) is 6.68. The van der Waals surface area contributed by atoms with Crippen LogP contribution in [0, 0.1) is 5.92 Å². The van der Waals surface area contributed by atoms with Crippen molar-refractivity contribution in [1.29, 1.82) is 0 Å². The average molecular weight is 449 g/mol. The highest BCUT2D eigenvalue weighted by molar-refractivity contribution is 7.09. The number of anilines is 1. The van der Waals surface area contributed by atoms with Gasteiger partial charge in [-0.1, -0.05) is 13.3 Å². The number of aliphatic imine (C=N–C) groups is 1. The third-order valence-corrected chi connectivity index (χ3v) is 7.50. The zero-order chi connectivity index (χ0) is 21.6. The molecule has 1 N–H and O–H groups in total. The second kappa shape index (κ2) is 10.6. The molecule has 1 aliphatic carbocycles. The predicted molar refractivity (Wildman–Crippen MR) is 125 cm³/mol. The summed E-state index contributed by atoms with van der Waals surface area (Å²) in [4.78, 5) is 30.7. The van der Waals surface area contributed by atoms with Crippen LogP contribution in [0.3, 0.4) is 0 Å². The summed E-state index contributed by atoms with van der Waals surface area (Å²) in [6.45, 7) is 11.4. The minimum absolute atomic E-state index is 0.317. The van der Waals surface area contributed by atoms with E-state index in [1.54, 1.807) is 0 Å². The average Bonchev–Trinajstić information content (AvgIpc) is 3.25. The van der Waals surface area contributed by atoms with Crippen LogP contribution in [0.2, 0.25) is 0 Å². The Hall–Kier alpha value is -1.94. The van der Waals surface area contributed by atoms with E-state index in [-0.39, 0.29) is 0 Å². The molecular formula is C21H36N8OS. The van der Waals surface area contributed by atoms with Gasteiger partial charge < -0.3 is 20.0 Å². The Morgan fingerprint density at radius 2 is 1.81 bits per heavy atom. The Morgan fingerprint density at radius 1 is 1.10 bits per heavy atom. The van der Waals surface area contributed by atoms with Crippen LogP contribution in [0.25, 0.3) is 0 Å². The molecule has 0 radical (unpaired) electrons. The van der Waals surface area contributed by atoms with Gasteiger partial charge in [0.1, 0.15) is 5.82 Å². The van der Waals surface area contributed by atoms with Gasteiger partial charge in [-0.05, 0) is 12.8 Å². The maximum absolute atomic E-state index is 12.4. The lowest BCUT2D eigenvalue weighted by atomic mass is 9.84. The number of carbonyl (C=O) groups is 1. The standard InChI is InChI=1S/C21H36N8OS/c1-3-18-24-21(31-25-18)29-15-13-28(14-16-29)20(22-2)23-7-8-26-9-11-27(12-10-26)19(30)17-5-4-6-17/h17H,3-16H2,1-2H3,(H,22,23). The Kier molecular flexibility index (Phi) is 7.60. The number of nitrogens with one attached hydrogen (secondary N) is 1. The number of nitrogens with zero attached hydrogens (tertiary/aromatic N) is 7. The molecule has 0 unspecified atom stereocenters. The minimum atomic E-state index is 0.317. The predicted octanol–water partition coefficient (Wildman–Crippen LogP) is 0.742. The van der Waals surface area contributed by atoms with E-state index in [0.717, 1.165) is 102 Å². The number of hydrogen-bond acceptors (Lipinski definition) is 7. The van der Waals surface area contributed by atoms with Crippen molar-refractivity contribution in [2.45, 2.75) is 32.6 Å². The van der Waals surface area contributed by atoms with Gasteiger partial charge in [0.25, 0.3) is 0 Å². The fraction of sp³-hybridized carbons (Fsp3) is 0.810. The molecule has 10 heteroatoms. The maximum atomic E-state index is 12.4. The molecule has 0 aromatic carbocycles. The first-order valence-electron chi connectivity index (χ1n) is 11.7. The van der Waals surface area contributed by atoms with Gasteiger partial charge in [0.05, 0.1) is 0 Å². The molecule has 3 aliphatic rings. The van der Waals surface area contributed by atoms with Crippen LogP contribution in [-0.2, 0) is 11.2 Å². The summed E-state index contributed by atoms with van der Waals surface area (Å²) in [5, 5.41) is 4.57. The minimum Gasteiger partial charge on any atom is -0.355 e. The molecule has 4 rings (SSSR count). The highest BCUT2D eigenvalue weighted by Gasteiger charge is 2.31. The summed E-state index contributed by atoms with van der Waals surface area (Å²) >= 11 is 1.50. The van der Waals surface area contributed by atoms with Crippen molar-refractivity contribution in [3.63, 3.8) is 0 Å². The van der Waals surface area contributed by atoms with Crippen LogP contribution in [0.5, 0.6) is 0 Å². The summed E-state index contributed by atoms with van der Waals surface area (Å²) in [5.74, 6) is 2.62. The van der Waals surface area contributed by atoms with Crippen LogP contribution in [-0.4, -0.2) is 108 Å². The third kappa shape index (κ3) is 5.46. The van der Waals surface area contributed by atoms with Crippen LogP contribution in [0.4, 0.5) is 5.13 Å². The number of hydrogen-bond donors (Lipinski definition) is 1. The fourth-order valence-electron chi connectivity index (χ4n) is 4.39. The highest BCUT2D eigenvalue weighted by Crippen LogP contribution is 2.28. The van der Waals surface area contributed by atoms with Crippen molar-refractivity contribution >= 4 is 28.5 Å². The topological polar surface area (TPSA) is 80.2 Å². The molecule has 2 saturated heterocycles. The number of carbonyl (C=O) groups excluding carboxylic acids is 1. The quantitative estimate of drug-likeness (QED) is 0.508. The van der Waals surface area contributed by atoms with Crippen molar-refractivity contribution in [2.75, 3.05) is 77.4 Å². The number of aryl methyl sites for hydroxylation is 1. The van der Waals surface area contributed by atoms with Crippen molar-refractivity contribution in [3.05, 3.63) is 5.82 Å². The lowest BCUT2D eigenvalue weighted by Gasteiger charge is -2.38. The maximum Gasteiger partial charge on any atom is 0.225 e. The molecule has 3 heterocycles. The molecule has 2 aliphatic heterocycles. The van der Waals surface area contributed by atoms with Crippen molar-refractivity contribution in [3.8, 4) is 0 Å². The first-order valence-corrected chi connectivity index (χ1v) is 12.5. The van der Waals surface area contributed by atoms with Crippen LogP contribution < -0.4 is 10.2 Å². The first-order chi connectivity index (χ1) is 15.2. The van der Waals surface area contributed by atoms with Gasteiger partial charge in [-0.15, -0.1) is 0 Å². The van der Waals surface area contributed by atoms with Gasteiger partial charge in [-0.25, -0.2) is 4.98 Å². The van der Waals surface area contributed by atoms with E-state index in [0.29, 0.717) is 11.8 Å². The number of aromatic nitrogens is 2. The van der Waals surface area contributed by atoms with E-state index in [1.165, 1.54) is 18.0 Å². The van der Waals surface area contributed by atoms with Gasteiger partial charge in [-0.3, -0.25) is 14.7 Å². The zero-order valence-corrected chi connectivity index (χ0v) is 19.7. The fourth-order valence-corrected chi connectivity index (χ4v) is 5.19. The Bertz CT molecular complexity index is 748. The summed E-state index contributed by atoms with van der Waals surface area (Å²) < 4.78 is 4.41. The molecule has 172 valence electrons. The molecule has 1 aromatic heterocycles. The second-order valence-electron chi connectivity index (χ2n) is 8.59. The Labute approximate surface area is 189 Å². The summed E-state index contributed by atoms with van der Waals surface area (Å²) in [5.41, 5.74) is 0. The normalized spacial score (nSPS) is 21.4. The largest absolute Gasteiger partial charge is 0.355 e. The number of amides is 1. The first kappa shape index (κ1) is 22.3. The SMILES string of the molecule is CCc1nsc(N2CCN(C(=NC)NCCN3CCN(C(=O)C4CCC4)CC3)CC2)n1. The molecule has 1 aromatic rings. The van der Waals surface area contributed by atoms with Gasteiger partial charge in [0.15, 0.2) is 5.96 Å². The Balaban J connectivity index is 1.15. The van der Waals surface area contributed by atoms with E-state index >= 15 is 0 Å². The van der Waals surface area contributed by atoms with Gasteiger partial charge in [-0.2, -0.15) is 4.37 Å². The summed E-state index contributed by atoms with van der Waals surface area (Å²) in [7, 11) is 1.86. The lowest BCUT2D eigenvalue weighted by Crippen LogP contribution is -2.54. The van der Waals surface area contributed by atoms with Crippen molar-refractivity contribution < 1.29 is 4.79 Å². The smallest absolute Gasteiger partial charge is 0.225 e. The molecule has 0 bridgehead atoms. The van der Waals surface area contributed by atoms with E-state index in [2.05, 4.69) is 46.2 Å². The molecule has 0 spiro atoms. The Morgan fingerprint density at radius 3 is 2.39 bits per heavy atom. The molecule has 0 atom stereocenters. The highest BCUT2D eigenvalue weighted by atomic mass is 32.1. The van der Waals surface area contributed by atoms with Gasteiger partial charge in [0.2, 0.25) is 11.0 Å². The second-order valence-corrected chi connectivity index (χ2v) is 9.32. The summed E-state index contributed by atoms with van der Waals surface area (Å²) in [6, 6.07) is 0. The van der Waals surface area contributed by atoms with Crippen molar-refractivity contribution in [1.82, 2.24) is 29.4 Å². The number of guanidine groups is 1. The lowest BCUT2D eigenvalue weighted by molar-refractivity contribution is -0.139. The van der Waals surface area contributed by atoms with E-state index in [9.17, 15) is 4.79 Å². The van der Waals surface area contributed by atoms with Crippen LogP contribution in [0.15, 0.2) is 4.99 Å². The van der Waals surface area contributed by atoms with Gasteiger partial charge in [0, 0.05) is 96.4 Å². The van der Waals surface area contributed by atoms with Crippen LogP contribution >= 0.6 is 11.5 Å². The molecule has 9 nitrogen and oxygen atoms in total. The molecule has 1 saturated carbocycles. The van der Waals surface area contributed by atoms with Gasteiger partial charge >= 0.3 is 0 Å². The molecule has 1 amide bonds. The molecule has 3 fully saturated rings. The zero-order valence-electron chi connectivity index (χ0n) is 18.9. The van der Waals surface area contributed by atoms with E-state index < -0.39 is 0 Å². The molecule has 31 heavy (non-hydrogen) atoms. The number of rotatable bonds is 6. The number of piperazine rings is 2. The monoisotopic (exact) mass is 448 g/mol.